The molecule has 2 amide bonds. The predicted octanol–water partition coefficient (Wildman–Crippen LogP) is 2.50. The molecule has 0 bridgehead atoms. The van der Waals surface area contributed by atoms with Crippen LogP contribution in [0.5, 0.6) is 5.75 Å². The van der Waals surface area contributed by atoms with Crippen molar-refractivity contribution in [2.75, 3.05) is 13.2 Å². The first-order chi connectivity index (χ1) is 14.2. The van der Waals surface area contributed by atoms with E-state index < -0.39 is 17.7 Å². The Hall–Kier alpha value is -3.36. The highest BCUT2D eigenvalue weighted by Gasteiger charge is 2.10. The van der Waals surface area contributed by atoms with E-state index in [1.54, 1.807) is 12.1 Å². The van der Waals surface area contributed by atoms with Crippen LogP contribution in [0.2, 0.25) is 0 Å². The maximum absolute atomic E-state index is 12.1. The molecule has 2 rings (SSSR count). The quantitative estimate of drug-likeness (QED) is 0.277. The smallest absolute Gasteiger partial charge is 0.407 e. The standard InChI is InChI=1S/C21H26N2O7/c1-13(2)12-28-21(27)22-8-4-5-19(25)23-11-15-9-20(26)30-18-10-16(29-14(3)24)6-7-17(15)18/h6-7,9-10,13H,4-5,8,11-12H2,1-3H3,(H,22,27)(H,23,25). The van der Waals surface area contributed by atoms with Crippen molar-refractivity contribution in [3.05, 3.63) is 40.2 Å². The molecule has 0 atom stereocenters. The lowest BCUT2D eigenvalue weighted by Gasteiger charge is -2.10. The van der Waals surface area contributed by atoms with Crippen molar-refractivity contribution >= 4 is 28.9 Å². The first kappa shape index (κ1) is 22.9. The van der Waals surface area contributed by atoms with E-state index in [4.69, 9.17) is 13.9 Å². The Morgan fingerprint density at radius 3 is 2.60 bits per heavy atom. The fraction of sp³-hybridized carbons (Fsp3) is 0.429. The third kappa shape index (κ3) is 7.57. The molecule has 0 aliphatic rings. The number of hydrogen-bond acceptors (Lipinski definition) is 7. The molecule has 0 fully saturated rings. The number of alkyl carbamates (subject to hydrolysis) is 1. The number of carbonyl (C=O) groups is 3. The Labute approximate surface area is 173 Å². The van der Waals surface area contributed by atoms with Crippen molar-refractivity contribution < 1.29 is 28.3 Å². The highest BCUT2D eigenvalue weighted by molar-refractivity contribution is 5.83. The van der Waals surface area contributed by atoms with Crippen LogP contribution in [0.25, 0.3) is 11.0 Å². The van der Waals surface area contributed by atoms with Gasteiger partial charge < -0.3 is 24.5 Å². The average molecular weight is 418 g/mol. The van der Waals surface area contributed by atoms with Crippen molar-refractivity contribution in [3.63, 3.8) is 0 Å². The van der Waals surface area contributed by atoms with Crippen molar-refractivity contribution in [3.8, 4) is 5.75 Å². The van der Waals surface area contributed by atoms with Gasteiger partial charge in [0.05, 0.1) is 6.61 Å². The molecule has 162 valence electrons. The summed E-state index contributed by atoms with van der Waals surface area (Å²) in [5, 5.41) is 5.96. The molecule has 2 N–H and O–H groups in total. The maximum Gasteiger partial charge on any atom is 0.407 e. The summed E-state index contributed by atoms with van der Waals surface area (Å²) in [7, 11) is 0. The summed E-state index contributed by atoms with van der Waals surface area (Å²) in [5.41, 5.74) is 0.268. The Balaban J connectivity index is 1.86. The number of rotatable bonds is 9. The van der Waals surface area contributed by atoms with Gasteiger partial charge in [0.15, 0.2) is 0 Å². The third-order valence-electron chi connectivity index (χ3n) is 3.94. The van der Waals surface area contributed by atoms with Gasteiger partial charge >= 0.3 is 17.7 Å². The molecule has 2 aromatic rings. The van der Waals surface area contributed by atoms with Crippen LogP contribution < -0.4 is 21.0 Å². The first-order valence-corrected chi connectivity index (χ1v) is 9.67. The van der Waals surface area contributed by atoms with Gasteiger partial charge in [0, 0.05) is 44.0 Å². The zero-order chi connectivity index (χ0) is 22.1. The van der Waals surface area contributed by atoms with Crippen molar-refractivity contribution in [1.29, 1.82) is 0 Å². The predicted molar refractivity (Wildman–Crippen MR) is 109 cm³/mol. The molecule has 1 heterocycles. The molecule has 9 heteroatoms. The van der Waals surface area contributed by atoms with Crippen LogP contribution in [0, 0.1) is 5.92 Å². The number of esters is 1. The first-order valence-electron chi connectivity index (χ1n) is 9.67. The molecule has 0 spiro atoms. The molecule has 1 aromatic heterocycles. The summed E-state index contributed by atoms with van der Waals surface area (Å²) in [6.07, 6.45) is 0.159. The van der Waals surface area contributed by atoms with Gasteiger partial charge in [-0.15, -0.1) is 0 Å². The molecule has 0 radical (unpaired) electrons. The van der Waals surface area contributed by atoms with Crippen molar-refractivity contribution in [2.24, 2.45) is 5.92 Å². The summed E-state index contributed by atoms with van der Waals surface area (Å²) in [6, 6.07) is 6.00. The average Bonchev–Trinajstić information content (AvgIpc) is 2.67. The van der Waals surface area contributed by atoms with Crippen LogP contribution in [0.4, 0.5) is 4.79 Å². The second-order valence-corrected chi connectivity index (χ2v) is 7.14. The number of hydrogen-bond donors (Lipinski definition) is 2. The number of ether oxygens (including phenoxy) is 2. The normalized spacial score (nSPS) is 10.7. The van der Waals surface area contributed by atoms with Crippen LogP contribution >= 0.6 is 0 Å². The van der Waals surface area contributed by atoms with E-state index in [9.17, 15) is 19.2 Å². The summed E-state index contributed by atoms with van der Waals surface area (Å²) in [5.74, 6) is -0.182. The zero-order valence-corrected chi connectivity index (χ0v) is 17.3. The molecule has 0 aliphatic carbocycles. The second-order valence-electron chi connectivity index (χ2n) is 7.14. The summed E-state index contributed by atoms with van der Waals surface area (Å²) in [6.45, 7) is 5.95. The molecule has 0 aliphatic heterocycles. The molecular weight excluding hydrogens is 392 g/mol. The Morgan fingerprint density at radius 2 is 1.90 bits per heavy atom. The topological polar surface area (TPSA) is 124 Å². The van der Waals surface area contributed by atoms with Crippen LogP contribution in [0.15, 0.2) is 33.5 Å². The van der Waals surface area contributed by atoms with E-state index in [0.717, 1.165) is 0 Å². The molecule has 9 nitrogen and oxygen atoms in total. The third-order valence-corrected chi connectivity index (χ3v) is 3.94. The molecule has 0 saturated heterocycles. The highest BCUT2D eigenvalue weighted by Crippen LogP contribution is 2.22. The fourth-order valence-corrected chi connectivity index (χ4v) is 2.60. The van der Waals surface area contributed by atoms with Crippen LogP contribution in [0.1, 0.15) is 39.2 Å². The summed E-state index contributed by atoms with van der Waals surface area (Å²) < 4.78 is 15.1. The summed E-state index contributed by atoms with van der Waals surface area (Å²) >= 11 is 0. The van der Waals surface area contributed by atoms with Crippen molar-refractivity contribution in [2.45, 2.75) is 40.2 Å². The van der Waals surface area contributed by atoms with Gasteiger partial charge in [0.1, 0.15) is 11.3 Å². The number of amides is 2. The minimum absolute atomic E-state index is 0.137. The van der Waals surface area contributed by atoms with Gasteiger partial charge in [-0.3, -0.25) is 9.59 Å². The van der Waals surface area contributed by atoms with Gasteiger partial charge in [-0.05, 0) is 30.0 Å². The van der Waals surface area contributed by atoms with Gasteiger partial charge in [0.2, 0.25) is 5.91 Å². The van der Waals surface area contributed by atoms with E-state index in [0.29, 0.717) is 30.5 Å². The monoisotopic (exact) mass is 418 g/mol. The van der Waals surface area contributed by atoms with Crippen LogP contribution in [-0.2, 0) is 20.9 Å². The van der Waals surface area contributed by atoms with E-state index in [2.05, 4.69) is 10.6 Å². The number of nitrogens with one attached hydrogen (secondary N) is 2. The number of carbonyl (C=O) groups excluding carboxylic acids is 3. The van der Waals surface area contributed by atoms with E-state index in [1.807, 2.05) is 13.8 Å². The van der Waals surface area contributed by atoms with Crippen LogP contribution in [-0.4, -0.2) is 31.1 Å². The van der Waals surface area contributed by atoms with Gasteiger partial charge in [0.25, 0.3) is 0 Å². The molecule has 1 aromatic carbocycles. The van der Waals surface area contributed by atoms with E-state index >= 15 is 0 Å². The minimum Gasteiger partial charge on any atom is -0.449 e. The van der Waals surface area contributed by atoms with Gasteiger partial charge in [-0.2, -0.15) is 0 Å². The van der Waals surface area contributed by atoms with E-state index in [-0.39, 0.29) is 36.1 Å². The molecule has 30 heavy (non-hydrogen) atoms. The zero-order valence-electron chi connectivity index (χ0n) is 17.3. The lowest BCUT2D eigenvalue weighted by Crippen LogP contribution is -2.28. The SMILES string of the molecule is CC(=O)Oc1ccc2c(CNC(=O)CCCNC(=O)OCC(C)C)cc(=O)oc2c1. The Kier molecular flexibility index (Phi) is 8.40. The minimum atomic E-state index is -0.573. The van der Waals surface area contributed by atoms with Crippen molar-refractivity contribution in [1.82, 2.24) is 10.6 Å². The number of fused-ring (bicyclic) bond motifs is 1. The van der Waals surface area contributed by atoms with Crippen LogP contribution in [0.3, 0.4) is 0 Å². The number of benzene rings is 1. The van der Waals surface area contributed by atoms with Gasteiger partial charge in [-0.25, -0.2) is 9.59 Å². The lowest BCUT2D eigenvalue weighted by atomic mass is 10.1. The molecule has 0 unspecified atom stereocenters. The summed E-state index contributed by atoms with van der Waals surface area (Å²) in [4.78, 5) is 46.4. The largest absolute Gasteiger partial charge is 0.449 e. The van der Waals surface area contributed by atoms with Gasteiger partial charge in [-0.1, -0.05) is 13.8 Å². The Morgan fingerprint density at radius 1 is 1.13 bits per heavy atom. The Bertz CT molecular complexity index is 965. The second kappa shape index (κ2) is 11.0. The highest BCUT2D eigenvalue weighted by atomic mass is 16.5. The van der Waals surface area contributed by atoms with E-state index in [1.165, 1.54) is 19.1 Å². The molecule has 0 saturated carbocycles. The lowest BCUT2D eigenvalue weighted by molar-refractivity contribution is -0.131. The maximum atomic E-state index is 12.1. The molecular formula is C21H26N2O7. The fourth-order valence-electron chi connectivity index (χ4n) is 2.60.